The lowest BCUT2D eigenvalue weighted by Gasteiger charge is -2.18. The van der Waals surface area contributed by atoms with Crippen LogP contribution in [0, 0.1) is 0 Å². The number of esters is 3. The molecule has 1 atom stereocenters. The van der Waals surface area contributed by atoms with Gasteiger partial charge < -0.3 is 14.2 Å². The molecular weight excluding hydrogens is 649 g/mol. The molecule has 52 heavy (non-hydrogen) atoms. The highest BCUT2D eigenvalue weighted by Crippen LogP contribution is 2.15. The summed E-state index contributed by atoms with van der Waals surface area (Å²) in [5.41, 5.74) is 0. The molecule has 0 aromatic heterocycles. The predicted octanol–water partition coefficient (Wildman–Crippen LogP) is 14.3. The zero-order chi connectivity index (χ0) is 38.0. The first-order chi connectivity index (χ1) is 25.5. The highest BCUT2D eigenvalue weighted by Gasteiger charge is 2.19. The molecule has 0 saturated carbocycles. The van der Waals surface area contributed by atoms with Gasteiger partial charge >= 0.3 is 17.9 Å². The van der Waals surface area contributed by atoms with E-state index in [1.807, 2.05) is 0 Å². The minimum Gasteiger partial charge on any atom is -0.462 e. The van der Waals surface area contributed by atoms with Gasteiger partial charge in [0.2, 0.25) is 0 Å². The van der Waals surface area contributed by atoms with Gasteiger partial charge in [-0.3, -0.25) is 14.4 Å². The van der Waals surface area contributed by atoms with Crippen LogP contribution in [-0.2, 0) is 28.6 Å². The summed E-state index contributed by atoms with van der Waals surface area (Å²) in [6.07, 6.45) is 43.4. The van der Waals surface area contributed by atoms with E-state index in [0.717, 1.165) is 57.8 Å². The highest BCUT2D eigenvalue weighted by atomic mass is 16.6. The van der Waals surface area contributed by atoms with Crippen LogP contribution in [0.5, 0.6) is 0 Å². The van der Waals surface area contributed by atoms with E-state index in [4.69, 9.17) is 14.2 Å². The molecule has 6 nitrogen and oxygen atoms in total. The Morgan fingerprint density at radius 1 is 0.365 bits per heavy atom. The molecule has 6 heteroatoms. The molecule has 306 valence electrons. The fraction of sp³-hybridized carbons (Fsp3) is 0.891. The van der Waals surface area contributed by atoms with E-state index in [1.54, 1.807) is 0 Å². The van der Waals surface area contributed by atoms with Crippen LogP contribution in [0.25, 0.3) is 0 Å². The molecular formula is C46H86O6. The van der Waals surface area contributed by atoms with Crippen molar-refractivity contribution in [2.75, 3.05) is 13.2 Å². The third-order valence-corrected chi connectivity index (χ3v) is 10.0. The molecule has 0 fully saturated rings. The van der Waals surface area contributed by atoms with E-state index >= 15 is 0 Å². The van der Waals surface area contributed by atoms with Crippen LogP contribution in [-0.4, -0.2) is 37.2 Å². The van der Waals surface area contributed by atoms with Gasteiger partial charge in [0.25, 0.3) is 0 Å². The Morgan fingerprint density at radius 2 is 0.654 bits per heavy atom. The molecule has 0 aliphatic heterocycles. The van der Waals surface area contributed by atoms with Gasteiger partial charge in [-0.15, -0.1) is 0 Å². The van der Waals surface area contributed by atoms with Crippen molar-refractivity contribution in [2.45, 2.75) is 252 Å². The predicted molar refractivity (Wildman–Crippen MR) is 220 cm³/mol. The Morgan fingerprint density at radius 3 is 1.04 bits per heavy atom. The van der Waals surface area contributed by atoms with Crippen LogP contribution in [0.2, 0.25) is 0 Å². The third-order valence-electron chi connectivity index (χ3n) is 10.0. The second-order valence-corrected chi connectivity index (χ2v) is 15.3. The van der Waals surface area contributed by atoms with Crippen LogP contribution in [0.1, 0.15) is 245 Å². The number of rotatable bonds is 41. The summed E-state index contributed by atoms with van der Waals surface area (Å²) in [5.74, 6) is -0.903. The third kappa shape index (κ3) is 39.4. The highest BCUT2D eigenvalue weighted by molar-refractivity contribution is 5.71. The van der Waals surface area contributed by atoms with Gasteiger partial charge in [0, 0.05) is 19.3 Å². The number of carbonyl (C=O) groups excluding carboxylic acids is 3. The lowest BCUT2D eigenvalue weighted by atomic mass is 10.0. The Labute approximate surface area is 322 Å². The van der Waals surface area contributed by atoms with Crippen molar-refractivity contribution >= 4 is 17.9 Å². The van der Waals surface area contributed by atoms with Crippen LogP contribution < -0.4 is 0 Å². The maximum Gasteiger partial charge on any atom is 0.306 e. The number of ether oxygens (including phenoxy) is 3. The van der Waals surface area contributed by atoms with Crippen molar-refractivity contribution in [3.63, 3.8) is 0 Å². The molecule has 0 N–H and O–H groups in total. The van der Waals surface area contributed by atoms with E-state index in [1.165, 1.54) is 148 Å². The smallest absolute Gasteiger partial charge is 0.306 e. The van der Waals surface area contributed by atoms with E-state index < -0.39 is 6.10 Å². The quantitative estimate of drug-likeness (QED) is 0.0269. The molecule has 0 bridgehead atoms. The van der Waals surface area contributed by atoms with Gasteiger partial charge in [-0.2, -0.15) is 0 Å². The van der Waals surface area contributed by atoms with Crippen molar-refractivity contribution in [3.05, 3.63) is 12.2 Å². The zero-order valence-corrected chi connectivity index (χ0v) is 34.8. The van der Waals surface area contributed by atoms with Crippen molar-refractivity contribution in [2.24, 2.45) is 0 Å². The molecule has 1 unspecified atom stereocenters. The first-order valence-corrected chi connectivity index (χ1v) is 22.7. The molecule has 0 amide bonds. The molecule has 0 rings (SSSR count). The van der Waals surface area contributed by atoms with Gasteiger partial charge in [0.1, 0.15) is 13.2 Å². The molecule has 0 spiro atoms. The van der Waals surface area contributed by atoms with Crippen LogP contribution >= 0.6 is 0 Å². The lowest BCUT2D eigenvalue weighted by Crippen LogP contribution is -2.30. The summed E-state index contributed by atoms with van der Waals surface area (Å²) >= 11 is 0. The van der Waals surface area contributed by atoms with E-state index in [0.29, 0.717) is 19.3 Å². The number of hydrogen-bond acceptors (Lipinski definition) is 6. The lowest BCUT2D eigenvalue weighted by molar-refractivity contribution is -0.167. The summed E-state index contributed by atoms with van der Waals surface area (Å²) in [5, 5.41) is 0. The van der Waals surface area contributed by atoms with E-state index in [9.17, 15) is 14.4 Å². The Balaban J connectivity index is 4.34. The van der Waals surface area contributed by atoms with E-state index in [2.05, 4.69) is 32.9 Å². The standard InChI is InChI=1S/C46H86O6/c1-4-7-10-13-16-19-21-23-25-27-30-33-36-39-45(48)51-42-43(41-50-44(47)38-35-32-29-26-18-15-12-9-6-3)52-46(49)40-37-34-31-28-24-22-20-17-14-11-8-5-2/h26,29,43H,4-25,27-28,30-42H2,1-3H3/b29-26-. The van der Waals surface area contributed by atoms with Crippen molar-refractivity contribution < 1.29 is 28.6 Å². The summed E-state index contributed by atoms with van der Waals surface area (Å²) in [4.78, 5) is 37.6. The Bertz CT molecular complexity index is 809. The first-order valence-electron chi connectivity index (χ1n) is 22.7. The molecule has 0 aliphatic rings. The number of hydrogen-bond donors (Lipinski definition) is 0. The molecule has 0 radical (unpaired) electrons. The molecule has 0 heterocycles. The average molecular weight is 735 g/mol. The van der Waals surface area contributed by atoms with Crippen LogP contribution in [0.4, 0.5) is 0 Å². The van der Waals surface area contributed by atoms with E-state index in [-0.39, 0.29) is 31.1 Å². The molecule has 0 aromatic rings. The fourth-order valence-electron chi connectivity index (χ4n) is 6.56. The molecule has 0 aliphatic carbocycles. The average Bonchev–Trinajstić information content (AvgIpc) is 3.14. The van der Waals surface area contributed by atoms with Crippen LogP contribution in [0.15, 0.2) is 12.2 Å². The maximum absolute atomic E-state index is 12.7. The second kappa shape index (κ2) is 41.9. The van der Waals surface area contributed by atoms with Gasteiger partial charge in [0.15, 0.2) is 6.10 Å². The normalized spacial score (nSPS) is 12.0. The maximum atomic E-state index is 12.7. The largest absolute Gasteiger partial charge is 0.462 e. The molecule has 0 aromatic carbocycles. The molecule has 0 saturated heterocycles. The monoisotopic (exact) mass is 735 g/mol. The summed E-state index contributed by atoms with van der Waals surface area (Å²) in [6.45, 7) is 6.58. The Kier molecular flexibility index (Phi) is 40.4. The summed E-state index contributed by atoms with van der Waals surface area (Å²) < 4.78 is 16.6. The van der Waals surface area contributed by atoms with Crippen molar-refractivity contribution in [1.82, 2.24) is 0 Å². The topological polar surface area (TPSA) is 78.9 Å². The van der Waals surface area contributed by atoms with Gasteiger partial charge in [-0.05, 0) is 38.5 Å². The SMILES string of the molecule is CCCCCC/C=C\CCCC(=O)OCC(COC(=O)CCCCCCCCCCCCCCC)OC(=O)CCCCCCCCCCCCCC. The zero-order valence-electron chi connectivity index (χ0n) is 34.8. The minimum atomic E-state index is -0.771. The number of unbranched alkanes of at least 4 members (excludes halogenated alkanes) is 28. The van der Waals surface area contributed by atoms with Crippen molar-refractivity contribution in [3.8, 4) is 0 Å². The Hall–Kier alpha value is -1.85. The van der Waals surface area contributed by atoms with Gasteiger partial charge in [-0.1, -0.05) is 200 Å². The summed E-state index contributed by atoms with van der Waals surface area (Å²) in [6, 6.07) is 0. The minimum absolute atomic E-state index is 0.0739. The first kappa shape index (κ1) is 50.1. The number of carbonyl (C=O) groups is 3. The number of allylic oxidation sites excluding steroid dienone is 2. The van der Waals surface area contributed by atoms with Crippen molar-refractivity contribution in [1.29, 1.82) is 0 Å². The van der Waals surface area contributed by atoms with Crippen LogP contribution in [0.3, 0.4) is 0 Å². The fourth-order valence-corrected chi connectivity index (χ4v) is 6.56. The van der Waals surface area contributed by atoms with Gasteiger partial charge in [-0.25, -0.2) is 0 Å². The van der Waals surface area contributed by atoms with Gasteiger partial charge in [0.05, 0.1) is 0 Å². The second-order valence-electron chi connectivity index (χ2n) is 15.3. The summed E-state index contributed by atoms with van der Waals surface area (Å²) in [7, 11) is 0.